The van der Waals surface area contributed by atoms with Crippen LogP contribution in [0.25, 0.3) is 0 Å². The Morgan fingerprint density at radius 1 is 1.25 bits per heavy atom. The van der Waals surface area contributed by atoms with Crippen molar-refractivity contribution in [3.05, 3.63) is 11.4 Å². The van der Waals surface area contributed by atoms with Gasteiger partial charge in [0.05, 0.1) is 5.75 Å². The molecular weight excluding hydrogens is 294 g/mol. The molecule has 0 spiro atoms. The van der Waals surface area contributed by atoms with Gasteiger partial charge in [-0.15, -0.1) is 11.8 Å². The van der Waals surface area contributed by atoms with Crippen molar-refractivity contribution in [3.8, 4) is 0 Å². The molecule has 114 valence electrons. The molecule has 1 aromatic rings. The van der Waals surface area contributed by atoms with Crippen LogP contribution in [-0.2, 0) is 16.3 Å². The van der Waals surface area contributed by atoms with Gasteiger partial charge in [-0.25, -0.2) is 18.4 Å². The molecule has 0 saturated heterocycles. The summed E-state index contributed by atoms with van der Waals surface area (Å²) in [6, 6.07) is 0. The second-order valence-electron chi connectivity index (χ2n) is 4.68. The Bertz CT molecular complexity index is 545. The van der Waals surface area contributed by atoms with Gasteiger partial charge in [-0.05, 0) is 20.3 Å². The van der Waals surface area contributed by atoms with E-state index in [0.29, 0.717) is 5.75 Å². The fraction of sp³-hybridized carbons (Fsp3) is 0.692. The molecule has 0 unspecified atom stereocenters. The van der Waals surface area contributed by atoms with Crippen LogP contribution in [0.5, 0.6) is 0 Å². The van der Waals surface area contributed by atoms with Crippen LogP contribution in [0.2, 0.25) is 0 Å². The monoisotopic (exact) mass is 317 g/mol. The second kappa shape index (κ2) is 7.83. The number of sulfone groups is 1. The minimum atomic E-state index is -2.93. The summed E-state index contributed by atoms with van der Waals surface area (Å²) in [5.74, 6) is 2.36. The van der Waals surface area contributed by atoms with E-state index in [0.717, 1.165) is 41.6 Å². The van der Waals surface area contributed by atoms with Gasteiger partial charge in [-0.2, -0.15) is 0 Å². The molecule has 1 heterocycles. The third kappa shape index (κ3) is 5.66. The highest BCUT2D eigenvalue weighted by atomic mass is 32.2. The maximum atomic E-state index is 11.2. The van der Waals surface area contributed by atoms with E-state index in [1.165, 1.54) is 18.0 Å². The number of hydrogen-bond acceptors (Lipinski definition) is 6. The van der Waals surface area contributed by atoms with Gasteiger partial charge in [0, 0.05) is 30.5 Å². The summed E-state index contributed by atoms with van der Waals surface area (Å²) < 4.78 is 22.4. The van der Waals surface area contributed by atoms with Crippen LogP contribution < -0.4 is 5.32 Å². The SMILES string of the molecule is CCCc1nc(NCC)c(C)c(SCCS(C)(=O)=O)n1. The van der Waals surface area contributed by atoms with Crippen molar-refractivity contribution in [2.24, 2.45) is 0 Å². The summed E-state index contributed by atoms with van der Waals surface area (Å²) in [7, 11) is -2.93. The average molecular weight is 317 g/mol. The van der Waals surface area contributed by atoms with E-state index in [2.05, 4.69) is 22.2 Å². The van der Waals surface area contributed by atoms with Crippen LogP contribution in [0.4, 0.5) is 5.82 Å². The highest BCUT2D eigenvalue weighted by Gasteiger charge is 2.12. The maximum Gasteiger partial charge on any atom is 0.148 e. The Morgan fingerprint density at radius 3 is 2.50 bits per heavy atom. The van der Waals surface area contributed by atoms with E-state index in [-0.39, 0.29) is 5.75 Å². The maximum absolute atomic E-state index is 11.2. The average Bonchev–Trinajstić information content (AvgIpc) is 2.33. The molecule has 0 aliphatic carbocycles. The van der Waals surface area contributed by atoms with Crippen LogP contribution in [0.1, 0.15) is 31.7 Å². The van der Waals surface area contributed by atoms with Crippen LogP contribution in [0, 0.1) is 6.92 Å². The van der Waals surface area contributed by atoms with Crippen molar-refractivity contribution in [1.82, 2.24) is 9.97 Å². The molecule has 0 fully saturated rings. The van der Waals surface area contributed by atoms with E-state index in [1.54, 1.807) is 0 Å². The Balaban J connectivity index is 2.91. The van der Waals surface area contributed by atoms with Gasteiger partial charge in [0.25, 0.3) is 0 Å². The van der Waals surface area contributed by atoms with E-state index in [1.807, 2.05) is 13.8 Å². The molecule has 5 nitrogen and oxygen atoms in total. The van der Waals surface area contributed by atoms with Gasteiger partial charge in [0.15, 0.2) is 0 Å². The first-order chi connectivity index (χ1) is 9.37. The predicted molar refractivity (Wildman–Crippen MR) is 85.4 cm³/mol. The van der Waals surface area contributed by atoms with Gasteiger partial charge in [-0.1, -0.05) is 6.92 Å². The summed E-state index contributed by atoms with van der Waals surface area (Å²) in [5, 5.41) is 4.12. The molecule has 0 aliphatic rings. The van der Waals surface area contributed by atoms with E-state index < -0.39 is 9.84 Å². The Labute approximate surface area is 125 Å². The lowest BCUT2D eigenvalue weighted by Gasteiger charge is -2.12. The quantitative estimate of drug-likeness (QED) is 0.586. The van der Waals surface area contributed by atoms with Gasteiger partial charge in [0.2, 0.25) is 0 Å². The molecule has 1 aromatic heterocycles. The zero-order chi connectivity index (χ0) is 15.2. The number of aryl methyl sites for hydroxylation is 1. The van der Waals surface area contributed by atoms with Gasteiger partial charge >= 0.3 is 0 Å². The molecule has 0 aromatic carbocycles. The molecular formula is C13H23N3O2S2. The molecule has 1 rings (SSSR count). The lowest BCUT2D eigenvalue weighted by atomic mass is 10.3. The van der Waals surface area contributed by atoms with E-state index >= 15 is 0 Å². The molecule has 1 N–H and O–H groups in total. The minimum absolute atomic E-state index is 0.167. The number of aromatic nitrogens is 2. The third-order valence-corrected chi connectivity index (χ3v) is 4.94. The van der Waals surface area contributed by atoms with Gasteiger partial charge < -0.3 is 5.32 Å². The van der Waals surface area contributed by atoms with Crippen molar-refractivity contribution in [2.75, 3.05) is 29.6 Å². The van der Waals surface area contributed by atoms with Crippen molar-refractivity contribution in [2.45, 2.75) is 38.6 Å². The number of nitrogens with zero attached hydrogens (tertiary/aromatic N) is 2. The van der Waals surface area contributed by atoms with Crippen molar-refractivity contribution in [1.29, 1.82) is 0 Å². The fourth-order valence-electron chi connectivity index (χ4n) is 1.65. The summed E-state index contributed by atoms with van der Waals surface area (Å²) in [4.78, 5) is 9.06. The number of rotatable bonds is 8. The topological polar surface area (TPSA) is 72.0 Å². The molecule has 0 radical (unpaired) electrons. The van der Waals surface area contributed by atoms with Crippen LogP contribution >= 0.6 is 11.8 Å². The normalized spacial score (nSPS) is 11.6. The zero-order valence-corrected chi connectivity index (χ0v) is 14.2. The summed E-state index contributed by atoms with van der Waals surface area (Å²) in [5.41, 5.74) is 0.991. The molecule has 0 aliphatic heterocycles. The Hall–Kier alpha value is -0.820. The van der Waals surface area contributed by atoms with Crippen LogP contribution in [0.15, 0.2) is 5.03 Å². The van der Waals surface area contributed by atoms with Crippen LogP contribution in [0.3, 0.4) is 0 Å². The number of nitrogens with one attached hydrogen (secondary N) is 1. The molecule has 20 heavy (non-hydrogen) atoms. The van der Waals surface area contributed by atoms with Crippen molar-refractivity contribution < 1.29 is 8.42 Å². The summed E-state index contributed by atoms with van der Waals surface area (Å²) in [6.07, 6.45) is 3.08. The second-order valence-corrected chi connectivity index (χ2v) is 8.02. The zero-order valence-electron chi connectivity index (χ0n) is 12.6. The largest absolute Gasteiger partial charge is 0.370 e. The van der Waals surface area contributed by atoms with Crippen molar-refractivity contribution >= 4 is 27.4 Å². The van der Waals surface area contributed by atoms with Crippen LogP contribution in [-0.4, -0.2) is 42.7 Å². The molecule has 7 heteroatoms. The standard InChI is InChI=1S/C13H23N3O2S2/c1-5-7-11-15-12(14-6-2)10(3)13(16-11)19-8-9-20(4,17)18/h5-9H2,1-4H3,(H,14,15,16). The lowest BCUT2D eigenvalue weighted by Crippen LogP contribution is -2.09. The molecule has 0 bridgehead atoms. The first kappa shape index (κ1) is 17.2. The Kier molecular flexibility index (Phi) is 6.75. The predicted octanol–water partition coefficient (Wildman–Crippen LogP) is 2.31. The number of anilines is 1. The Morgan fingerprint density at radius 2 is 1.95 bits per heavy atom. The van der Waals surface area contributed by atoms with Gasteiger partial charge in [0.1, 0.15) is 26.5 Å². The number of hydrogen-bond donors (Lipinski definition) is 1. The third-order valence-electron chi connectivity index (χ3n) is 2.66. The van der Waals surface area contributed by atoms with Crippen molar-refractivity contribution in [3.63, 3.8) is 0 Å². The highest BCUT2D eigenvalue weighted by molar-refractivity contribution is 8.00. The smallest absolute Gasteiger partial charge is 0.148 e. The number of thioether (sulfide) groups is 1. The molecule has 0 atom stereocenters. The lowest BCUT2D eigenvalue weighted by molar-refractivity contribution is 0.603. The van der Waals surface area contributed by atoms with E-state index in [4.69, 9.17) is 0 Å². The minimum Gasteiger partial charge on any atom is -0.370 e. The summed E-state index contributed by atoms with van der Waals surface area (Å²) in [6.45, 7) is 6.89. The van der Waals surface area contributed by atoms with Gasteiger partial charge in [-0.3, -0.25) is 0 Å². The molecule has 0 saturated carbocycles. The first-order valence-corrected chi connectivity index (χ1v) is 9.83. The summed E-state index contributed by atoms with van der Waals surface area (Å²) >= 11 is 1.48. The van der Waals surface area contributed by atoms with E-state index in [9.17, 15) is 8.42 Å². The highest BCUT2D eigenvalue weighted by Crippen LogP contribution is 2.25. The molecule has 0 amide bonds. The first-order valence-electron chi connectivity index (χ1n) is 6.79. The fourth-order valence-corrected chi connectivity index (χ4v) is 3.87.